The van der Waals surface area contributed by atoms with Gasteiger partial charge in [-0.2, -0.15) is 18.2 Å². The molecule has 2 heterocycles. The number of aliphatic hydroxyl groups is 1. The number of aromatic nitrogens is 2. The van der Waals surface area contributed by atoms with Crippen molar-refractivity contribution in [3.63, 3.8) is 0 Å². The van der Waals surface area contributed by atoms with Crippen LogP contribution in [0.15, 0.2) is 4.52 Å². The number of nitrogens with zero attached hydrogens (tertiary/aromatic N) is 3. The lowest BCUT2D eigenvalue weighted by Crippen LogP contribution is -2.53. The number of alkyl halides is 3. The van der Waals surface area contributed by atoms with Gasteiger partial charge in [-0.15, -0.1) is 0 Å². The van der Waals surface area contributed by atoms with Crippen molar-refractivity contribution in [1.29, 1.82) is 0 Å². The lowest BCUT2D eigenvalue weighted by atomic mass is 9.91. The van der Waals surface area contributed by atoms with Gasteiger partial charge >= 0.3 is 6.18 Å². The van der Waals surface area contributed by atoms with E-state index in [1.54, 1.807) is 4.90 Å². The zero-order valence-corrected chi connectivity index (χ0v) is 12.0. The summed E-state index contributed by atoms with van der Waals surface area (Å²) < 4.78 is 43.2. The Labute approximate surface area is 121 Å². The van der Waals surface area contributed by atoms with Crippen LogP contribution >= 0.6 is 0 Å². The maximum absolute atomic E-state index is 12.7. The van der Waals surface area contributed by atoms with E-state index in [0.717, 1.165) is 19.3 Å². The molecule has 1 aromatic rings. The normalized spacial score (nSPS) is 19.9. The summed E-state index contributed by atoms with van der Waals surface area (Å²) >= 11 is 0. The van der Waals surface area contributed by atoms with Gasteiger partial charge in [-0.05, 0) is 19.3 Å². The monoisotopic (exact) mass is 307 g/mol. The van der Waals surface area contributed by atoms with Crippen LogP contribution in [0.25, 0.3) is 0 Å². The van der Waals surface area contributed by atoms with Crippen molar-refractivity contribution < 1.29 is 22.8 Å². The van der Waals surface area contributed by atoms with Crippen molar-refractivity contribution in [2.24, 2.45) is 0 Å². The summed E-state index contributed by atoms with van der Waals surface area (Å²) in [4.78, 5) is 6.01. The summed E-state index contributed by atoms with van der Waals surface area (Å²) in [5.74, 6) is 1.05. The van der Waals surface area contributed by atoms with Gasteiger partial charge in [0.05, 0.1) is 6.54 Å². The Balaban J connectivity index is 1.85. The molecule has 1 aromatic heterocycles. The number of piperidine rings is 1. The van der Waals surface area contributed by atoms with Gasteiger partial charge in [-0.25, -0.2) is 0 Å². The fourth-order valence-corrected chi connectivity index (χ4v) is 2.35. The molecular weight excluding hydrogens is 287 g/mol. The van der Waals surface area contributed by atoms with Crippen LogP contribution in [0.2, 0.25) is 0 Å². The van der Waals surface area contributed by atoms with E-state index in [4.69, 9.17) is 4.52 Å². The molecule has 120 valence electrons. The highest BCUT2D eigenvalue weighted by molar-refractivity contribution is 4.93. The second-order valence-corrected chi connectivity index (χ2v) is 5.51. The van der Waals surface area contributed by atoms with Crippen LogP contribution in [-0.2, 0) is 13.0 Å². The molecule has 0 atom stereocenters. The van der Waals surface area contributed by atoms with Gasteiger partial charge in [0.15, 0.2) is 11.4 Å². The van der Waals surface area contributed by atoms with Crippen LogP contribution in [0.3, 0.4) is 0 Å². The smallest absolute Gasteiger partial charge is 0.380 e. The average Bonchev–Trinajstić information content (AvgIpc) is 2.85. The van der Waals surface area contributed by atoms with Gasteiger partial charge in [0.2, 0.25) is 5.89 Å². The molecule has 0 saturated carbocycles. The molecule has 5 nitrogen and oxygen atoms in total. The van der Waals surface area contributed by atoms with Crippen molar-refractivity contribution in [1.82, 2.24) is 15.0 Å². The topological polar surface area (TPSA) is 62.4 Å². The minimum Gasteiger partial charge on any atom is -0.380 e. The maximum atomic E-state index is 12.7. The van der Waals surface area contributed by atoms with E-state index in [1.165, 1.54) is 0 Å². The number of likely N-dealkylation sites (tertiary alicyclic amines) is 1. The van der Waals surface area contributed by atoms with Crippen molar-refractivity contribution in [2.75, 3.05) is 13.1 Å². The summed E-state index contributed by atoms with van der Waals surface area (Å²) in [5, 5.41) is 13.4. The molecule has 8 heteroatoms. The Morgan fingerprint density at radius 2 is 2.00 bits per heavy atom. The zero-order valence-electron chi connectivity index (χ0n) is 12.0. The summed E-state index contributed by atoms with van der Waals surface area (Å²) in [6, 6.07) is 0. The van der Waals surface area contributed by atoms with Crippen LogP contribution in [-0.4, -0.2) is 45.0 Å². The first-order valence-corrected chi connectivity index (χ1v) is 7.17. The Morgan fingerprint density at radius 3 is 2.57 bits per heavy atom. The summed E-state index contributed by atoms with van der Waals surface area (Å²) in [7, 11) is 0. The molecule has 0 bridgehead atoms. The number of aryl methyl sites for hydroxylation is 1. The Kier molecular flexibility index (Phi) is 4.88. The first-order chi connectivity index (χ1) is 9.84. The van der Waals surface area contributed by atoms with Gasteiger partial charge in [0, 0.05) is 19.5 Å². The van der Waals surface area contributed by atoms with E-state index in [-0.39, 0.29) is 25.9 Å². The number of hydrogen-bond acceptors (Lipinski definition) is 5. The molecular formula is C13H20F3N3O2. The largest absolute Gasteiger partial charge is 0.417 e. The third-order valence-electron chi connectivity index (χ3n) is 3.83. The molecule has 0 aromatic carbocycles. The van der Waals surface area contributed by atoms with Crippen LogP contribution in [0.5, 0.6) is 0 Å². The predicted octanol–water partition coefficient (Wildman–Crippen LogP) is 2.30. The molecule has 1 aliphatic heterocycles. The van der Waals surface area contributed by atoms with Crippen LogP contribution in [0.1, 0.15) is 44.3 Å². The third kappa shape index (κ3) is 3.94. The molecule has 1 N–H and O–H groups in total. The van der Waals surface area contributed by atoms with Crippen molar-refractivity contribution >= 4 is 0 Å². The van der Waals surface area contributed by atoms with Crippen LogP contribution in [0.4, 0.5) is 13.2 Å². The molecule has 0 aliphatic carbocycles. The fourth-order valence-electron chi connectivity index (χ4n) is 2.35. The molecule has 1 fully saturated rings. The van der Waals surface area contributed by atoms with E-state index < -0.39 is 11.8 Å². The SMILES string of the molecule is CCCCc1noc(CN2CCC(O)(C(F)(F)F)CC2)n1. The number of halogens is 3. The second kappa shape index (κ2) is 6.31. The van der Waals surface area contributed by atoms with Gasteiger partial charge in [0.25, 0.3) is 0 Å². The molecule has 0 amide bonds. The minimum absolute atomic E-state index is 0.155. The quantitative estimate of drug-likeness (QED) is 0.904. The van der Waals surface area contributed by atoms with Gasteiger partial charge < -0.3 is 9.63 Å². The summed E-state index contributed by atoms with van der Waals surface area (Å²) in [5.41, 5.74) is -2.56. The van der Waals surface area contributed by atoms with E-state index in [2.05, 4.69) is 17.1 Å². The molecule has 21 heavy (non-hydrogen) atoms. The summed E-state index contributed by atoms with van der Waals surface area (Å²) in [6.07, 6.45) is -2.47. The summed E-state index contributed by atoms with van der Waals surface area (Å²) in [6.45, 7) is 2.70. The molecule has 2 rings (SSSR count). The molecule has 0 radical (unpaired) electrons. The first kappa shape index (κ1) is 16.2. The Hall–Kier alpha value is -1.15. The number of unbranched alkanes of at least 4 members (excludes halogenated alkanes) is 1. The van der Waals surface area contributed by atoms with E-state index in [9.17, 15) is 18.3 Å². The minimum atomic E-state index is -4.57. The zero-order chi connectivity index (χ0) is 15.5. The van der Waals surface area contributed by atoms with Crippen molar-refractivity contribution in [3.05, 3.63) is 11.7 Å². The molecule has 0 unspecified atom stereocenters. The Morgan fingerprint density at radius 1 is 1.33 bits per heavy atom. The van der Waals surface area contributed by atoms with Crippen LogP contribution in [0, 0.1) is 0 Å². The molecule has 0 spiro atoms. The lowest BCUT2D eigenvalue weighted by molar-refractivity contribution is -0.273. The predicted molar refractivity (Wildman–Crippen MR) is 68.4 cm³/mol. The standard InChI is InChI=1S/C13H20F3N3O2/c1-2-3-4-10-17-11(21-18-10)9-19-7-5-12(20,6-8-19)13(14,15)16/h20H,2-9H2,1H3. The molecule has 1 saturated heterocycles. The Bertz CT molecular complexity index is 454. The average molecular weight is 307 g/mol. The van der Waals surface area contributed by atoms with E-state index in [1.807, 2.05) is 0 Å². The van der Waals surface area contributed by atoms with Gasteiger partial charge in [-0.1, -0.05) is 18.5 Å². The van der Waals surface area contributed by atoms with Crippen molar-refractivity contribution in [3.8, 4) is 0 Å². The lowest BCUT2D eigenvalue weighted by Gasteiger charge is -2.38. The second-order valence-electron chi connectivity index (χ2n) is 5.51. The number of rotatable bonds is 5. The highest BCUT2D eigenvalue weighted by Crippen LogP contribution is 2.38. The number of hydrogen-bond donors (Lipinski definition) is 1. The highest BCUT2D eigenvalue weighted by atomic mass is 19.4. The molecule has 1 aliphatic rings. The van der Waals surface area contributed by atoms with Crippen molar-refractivity contribution in [2.45, 2.75) is 57.3 Å². The maximum Gasteiger partial charge on any atom is 0.417 e. The highest BCUT2D eigenvalue weighted by Gasteiger charge is 2.54. The van der Waals surface area contributed by atoms with Crippen LogP contribution < -0.4 is 0 Å². The first-order valence-electron chi connectivity index (χ1n) is 7.17. The fraction of sp³-hybridized carbons (Fsp3) is 0.846. The third-order valence-corrected chi connectivity index (χ3v) is 3.83. The van der Waals surface area contributed by atoms with Gasteiger partial charge in [0.1, 0.15) is 0 Å². The van der Waals surface area contributed by atoms with E-state index in [0.29, 0.717) is 18.3 Å². The van der Waals surface area contributed by atoms with Gasteiger partial charge in [-0.3, -0.25) is 4.90 Å². The van der Waals surface area contributed by atoms with E-state index >= 15 is 0 Å².